The predicted molar refractivity (Wildman–Crippen MR) is 77.9 cm³/mol. The summed E-state index contributed by atoms with van der Waals surface area (Å²) in [5, 5.41) is 4.65. The lowest BCUT2D eigenvalue weighted by Crippen LogP contribution is -2.00. The van der Waals surface area contributed by atoms with Crippen molar-refractivity contribution in [3.05, 3.63) is 62.5 Å². The van der Waals surface area contributed by atoms with Gasteiger partial charge in [-0.05, 0) is 30.3 Å². The highest BCUT2D eigenvalue weighted by atomic mass is 79.9. The van der Waals surface area contributed by atoms with Crippen LogP contribution in [0.15, 0.2) is 46.9 Å². The Bertz CT molecular complexity index is 508. The van der Waals surface area contributed by atoms with Crippen LogP contribution in [0.4, 0.5) is 5.69 Å². The quantitative estimate of drug-likeness (QED) is 0.797. The third-order valence-corrected chi connectivity index (χ3v) is 3.56. The Morgan fingerprint density at radius 3 is 2.29 bits per heavy atom. The van der Waals surface area contributed by atoms with E-state index in [-0.39, 0.29) is 0 Å². The summed E-state index contributed by atoms with van der Waals surface area (Å²) in [5.74, 6) is 0. The van der Waals surface area contributed by atoms with Crippen molar-refractivity contribution in [3.8, 4) is 0 Å². The number of benzene rings is 2. The van der Waals surface area contributed by atoms with Gasteiger partial charge in [0.25, 0.3) is 0 Å². The maximum absolute atomic E-state index is 6.09. The zero-order valence-electron chi connectivity index (χ0n) is 8.88. The summed E-state index contributed by atoms with van der Waals surface area (Å²) in [6.45, 7) is 0.606. The number of nitrogens with one attached hydrogen (secondary N) is 1. The largest absolute Gasteiger partial charge is 0.381 e. The number of anilines is 1. The minimum absolute atomic E-state index is 0.606. The fourth-order valence-electron chi connectivity index (χ4n) is 1.49. The highest BCUT2D eigenvalue weighted by molar-refractivity contribution is 9.10. The molecule has 88 valence electrons. The molecule has 4 heteroatoms. The van der Waals surface area contributed by atoms with E-state index in [1.54, 1.807) is 0 Å². The molecule has 1 N–H and O–H groups in total. The number of hydrogen-bond acceptors (Lipinski definition) is 1. The molecule has 0 heterocycles. The molecule has 0 aliphatic heterocycles. The molecule has 0 amide bonds. The summed E-state index contributed by atoms with van der Waals surface area (Å²) in [6.07, 6.45) is 0. The van der Waals surface area contributed by atoms with Gasteiger partial charge in [-0.25, -0.2) is 0 Å². The summed E-state index contributed by atoms with van der Waals surface area (Å²) >= 11 is 15.6. The molecule has 0 fully saturated rings. The zero-order chi connectivity index (χ0) is 12.3. The van der Waals surface area contributed by atoms with Gasteiger partial charge in [-0.3, -0.25) is 0 Å². The Balaban J connectivity index is 2.13. The Labute approximate surface area is 119 Å². The van der Waals surface area contributed by atoms with Crippen LogP contribution in [0.1, 0.15) is 5.56 Å². The van der Waals surface area contributed by atoms with Crippen molar-refractivity contribution in [1.82, 2.24) is 0 Å². The van der Waals surface area contributed by atoms with Crippen LogP contribution in [-0.2, 0) is 6.54 Å². The molecular formula is C13H10BrCl2N. The zero-order valence-corrected chi connectivity index (χ0v) is 12.0. The summed E-state index contributed by atoms with van der Waals surface area (Å²) in [6, 6.07) is 13.5. The normalized spacial score (nSPS) is 10.3. The summed E-state index contributed by atoms with van der Waals surface area (Å²) in [4.78, 5) is 0. The first-order chi connectivity index (χ1) is 8.16. The molecule has 2 rings (SSSR count). The van der Waals surface area contributed by atoms with E-state index in [9.17, 15) is 0 Å². The minimum Gasteiger partial charge on any atom is -0.381 e. The maximum atomic E-state index is 6.09. The second kappa shape index (κ2) is 5.76. The average Bonchev–Trinajstić information content (AvgIpc) is 2.28. The van der Waals surface area contributed by atoms with Crippen LogP contribution in [0.25, 0.3) is 0 Å². The van der Waals surface area contributed by atoms with Crippen LogP contribution in [0.2, 0.25) is 10.0 Å². The van der Waals surface area contributed by atoms with Gasteiger partial charge in [0.05, 0.1) is 0 Å². The van der Waals surface area contributed by atoms with Gasteiger partial charge in [-0.2, -0.15) is 0 Å². The molecule has 0 spiro atoms. The van der Waals surface area contributed by atoms with Gasteiger partial charge in [0.2, 0.25) is 0 Å². The van der Waals surface area contributed by atoms with Crippen molar-refractivity contribution < 1.29 is 0 Å². The Morgan fingerprint density at radius 1 is 1.00 bits per heavy atom. The fourth-order valence-corrected chi connectivity index (χ4v) is 2.42. The summed E-state index contributed by atoms with van der Waals surface area (Å²) in [7, 11) is 0. The molecular weight excluding hydrogens is 321 g/mol. The van der Waals surface area contributed by atoms with Gasteiger partial charge in [0.15, 0.2) is 0 Å². The van der Waals surface area contributed by atoms with E-state index in [0.29, 0.717) is 16.6 Å². The van der Waals surface area contributed by atoms with E-state index in [1.165, 1.54) is 0 Å². The molecule has 0 radical (unpaired) electrons. The van der Waals surface area contributed by atoms with Crippen molar-refractivity contribution in [2.45, 2.75) is 6.54 Å². The lowest BCUT2D eigenvalue weighted by molar-refractivity contribution is 1.15. The highest BCUT2D eigenvalue weighted by Crippen LogP contribution is 2.25. The maximum Gasteiger partial charge on any atom is 0.0470 e. The van der Waals surface area contributed by atoms with Crippen molar-refractivity contribution in [3.63, 3.8) is 0 Å². The molecule has 1 nitrogen and oxygen atoms in total. The molecule has 0 saturated carbocycles. The van der Waals surface area contributed by atoms with E-state index in [0.717, 1.165) is 15.7 Å². The van der Waals surface area contributed by atoms with Crippen molar-refractivity contribution in [2.24, 2.45) is 0 Å². The number of hydrogen-bond donors (Lipinski definition) is 1. The monoisotopic (exact) mass is 329 g/mol. The topological polar surface area (TPSA) is 12.0 Å². The second-order valence-electron chi connectivity index (χ2n) is 3.56. The van der Waals surface area contributed by atoms with E-state index in [2.05, 4.69) is 21.2 Å². The molecule has 0 unspecified atom stereocenters. The van der Waals surface area contributed by atoms with Gasteiger partial charge in [-0.15, -0.1) is 0 Å². The molecule has 0 atom stereocenters. The first kappa shape index (κ1) is 12.7. The van der Waals surface area contributed by atoms with Crippen LogP contribution in [0.3, 0.4) is 0 Å². The van der Waals surface area contributed by atoms with Gasteiger partial charge >= 0.3 is 0 Å². The smallest absolute Gasteiger partial charge is 0.0470 e. The lowest BCUT2D eigenvalue weighted by atomic mass is 10.2. The third kappa shape index (κ3) is 3.38. The van der Waals surface area contributed by atoms with E-state index in [4.69, 9.17) is 23.2 Å². The van der Waals surface area contributed by atoms with Crippen LogP contribution < -0.4 is 5.32 Å². The van der Waals surface area contributed by atoms with Crippen molar-refractivity contribution in [1.29, 1.82) is 0 Å². The van der Waals surface area contributed by atoms with Crippen molar-refractivity contribution in [2.75, 3.05) is 5.32 Å². The first-order valence-corrected chi connectivity index (χ1v) is 6.64. The van der Waals surface area contributed by atoms with Crippen LogP contribution in [0, 0.1) is 0 Å². The Kier molecular flexibility index (Phi) is 4.32. The predicted octanol–water partition coefficient (Wildman–Crippen LogP) is 5.37. The van der Waals surface area contributed by atoms with Gasteiger partial charge in [0.1, 0.15) is 0 Å². The summed E-state index contributed by atoms with van der Waals surface area (Å²) < 4.78 is 1.03. The minimum atomic E-state index is 0.606. The molecule has 2 aromatic carbocycles. The van der Waals surface area contributed by atoms with Gasteiger partial charge < -0.3 is 5.32 Å². The van der Waals surface area contributed by atoms with Gasteiger partial charge in [0, 0.05) is 32.3 Å². The molecule has 0 bridgehead atoms. The molecule has 0 aliphatic carbocycles. The first-order valence-electron chi connectivity index (χ1n) is 5.09. The fraction of sp³-hybridized carbons (Fsp3) is 0.0769. The van der Waals surface area contributed by atoms with Gasteiger partial charge in [-0.1, -0.05) is 51.3 Å². The second-order valence-corrected chi connectivity index (χ2v) is 5.29. The summed E-state index contributed by atoms with van der Waals surface area (Å²) in [5.41, 5.74) is 1.94. The SMILES string of the molecule is Clc1cccc(Cl)c1CNc1cccc(Br)c1. The van der Waals surface area contributed by atoms with Crippen molar-refractivity contribution >= 4 is 44.8 Å². The van der Waals surface area contributed by atoms with Crippen LogP contribution in [0.5, 0.6) is 0 Å². The van der Waals surface area contributed by atoms with E-state index in [1.807, 2.05) is 42.5 Å². The molecule has 0 saturated heterocycles. The van der Waals surface area contributed by atoms with Crippen LogP contribution >= 0.6 is 39.1 Å². The molecule has 2 aromatic rings. The Morgan fingerprint density at radius 2 is 1.65 bits per heavy atom. The van der Waals surface area contributed by atoms with E-state index >= 15 is 0 Å². The number of rotatable bonds is 3. The molecule has 0 aromatic heterocycles. The lowest BCUT2D eigenvalue weighted by Gasteiger charge is -2.10. The molecule has 17 heavy (non-hydrogen) atoms. The molecule has 0 aliphatic rings. The number of halogens is 3. The third-order valence-electron chi connectivity index (χ3n) is 2.36. The average molecular weight is 331 g/mol. The highest BCUT2D eigenvalue weighted by Gasteiger charge is 2.04. The standard InChI is InChI=1S/C13H10BrCl2N/c14-9-3-1-4-10(7-9)17-8-11-12(15)5-2-6-13(11)16/h1-7,17H,8H2. The van der Waals surface area contributed by atoms with E-state index < -0.39 is 0 Å². The van der Waals surface area contributed by atoms with Crippen LogP contribution in [-0.4, -0.2) is 0 Å². The Hall–Kier alpha value is -0.700.